The van der Waals surface area contributed by atoms with Crippen LogP contribution in [0.5, 0.6) is 0 Å². The Morgan fingerprint density at radius 2 is 1.82 bits per heavy atom. The summed E-state index contributed by atoms with van der Waals surface area (Å²) in [4.78, 5) is 11.9. The van der Waals surface area contributed by atoms with E-state index in [-0.39, 0.29) is 30.7 Å². The zero-order chi connectivity index (χ0) is 16.0. The normalized spacial score (nSPS) is 13.9. The maximum Gasteiger partial charge on any atom is 0.389 e. The van der Waals surface area contributed by atoms with Gasteiger partial charge in [0.2, 0.25) is 5.91 Å². The smallest absolute Gasteiger partial charge is 0.325 e. The van der Waals surface area contributed by atoms with Crippen LogP contribution in [0.2, 0.25) is 0 Å². The molecule has 0 bridgehead atoms. The molecule has 1 aromatic carbocycles. The van der Waals surface area contributed by atoms with Crippen molar-refractivity contribution in [2.75, 3.05) is 5.32 Å². The topological polar surface area (TPSA) is 55.1 Å². The van der Waals surface area contributed by atoms with Crippen LogP contribution in [-0.2, 0) is 11.2 Å². The molecule has 126 valence electrons. The number of amides is 1. The quantitative estimate of drug-likeness (QED) is 0.826. The van der Waals surface area contributed by atoms with Crippen LogP contribution in [-0.4, -0.2) is 18.1 Å². The Balaban J connectivity index is 0.00000441. The van der Waals surface area contributed by atoms with Gasteiger partial charge in [0.05, 0.1) is 6.04 Å². The second kappa shape index (κ2) is 9.00. The molecular formula is C15H22ClF3N2O. The molecule has 2 atom stereocenters. The van der Waals surface area contributed by atoms with E-state index in [0.29, 0.717) is 11.3 Å². The average Bonchev–Trinajstić information content (AvgIpc) is 2.44. The van der Waals surface area contributed by atoms with E-state index in [2.05, 4.69) is 5.32 Å². The molecule has 0 aromatic heterocycles. The molecule has 0 saturated carbocycles. The van der Waals surface area contributed by atoms with Crippen LogP contribution in [0.25, 0.3) is 0 Å². The summed E-state index contributed by atoms with van der Waals surface area (Å²) in [5.41, 5.74) is 6.92. The molecule has 1 amide bonds. The van der Waals surface area contributed by atoms with Crippen molar-refractivity contribution in [2.24, 2.45) is 11.7 Å². The van der Waals surface area contributed by atoms with Crippen molar-refractivity contribution in [1.82, 2.24) is 0 Å². The molecular weight excluding hydrogens is 317 g/mol. The van der Waals surface area contributed by atoms with Crippen molar-refractivity contribution in [2.45, 2.75) is 45.3 Å². The summed E-state index contributed by atoms with van der Waals surface area (Å²) in [7, 11) is 0. The predicted molar refractivity (Wildman–Crippen MR) is 84.1 cm³/mol. The minimum atomic E-state index is -4.16. The summed E-state index contributed by atoms with van der Waals surface area (Å²) in [6, 6.07) is 5.74. The van der Waals surface area contributed by atoms with Crippen LogP contribution in [0.15, 0.2) is 24.3 Å². The van der Waals surface area contributed by atoms with Gasteiger partial charge in [0, 0.05) is 12.1 Å². The summed E-state index contributed by atoms with van der Waals surface area (Å²) in [5, 5.41) is 2.67. The molecule has 0 saturated heterocycles. The number of carbonyl (C=O) groups excluding carboxylic acids is 1. The van der Waals surface area contributed by atoms with Crippen molar-refractivity contribution in [1.29, 1.82) is 0 Å². The second-order valence-electron chi connectivity index (χ2n) is 5.21. The maximum atomic E-state index is 12.1. The highest BCUT2D eigenvalue weighted by atomic mass is 35.5. The predicted octanol–water partition coefficient (Wildman–Crippen LogP) is 3.92. The summed E-state index contributed by atoms with van der Waals surface area (Å²) in [6.45, 7) is 3.84. The molecule has 1 aromatic rings. The van der Waals surface area contributed by atoms with Crippen LogP contribution >= 0.6 is 12.4 Å². The monoisotopic (exact) mass is 338 g/mol. The van der Waals surface area contributed by atoms with Crippen LogP contribution in [0.4, 0.5) is 18.9 Å². The number of nitrogens with one attached hydrogen (secondary N) is 1. The van der Waals surface area contributed by atoms with Crippen LogP contribution in [0.3, 0.4) is 0 Å². The standard InChI is InChI=1S/C15H21F3N2O.ClH/c1-3-10(2)13(19)14(21)20-12-6-4-11(5-7-12)8-9-15(16,17)18;/h4-7,10,13H,3,8-9,19H2,1-2H3,(H,20,21);1H. The Bertz CT molecular complexity index is 463. The maximum absolute atomic E-state index is 12.1. The second-order valence-corrected chi connectivity index (χ2v) is 5.21. The van der Waals surface area contributed by atoms with E-state index < -0.39 is 18.6 Å². The zero-order valence-electron chi connectivity index (χ0n) is 12.6. The van der Waals surface area contributed by atoms with Gasteiger partial charge in [-0.25, -0.2) is 0 Å². The number of hydrogen-bond donors (Lipinski definition) is 2. The van der Waals surface area contributed by atoms with Crippen molar-refractivity contribution in [3.05, 3.63) is 29.8 Å². The number of nitrogens with two attached hydrogens (primary N) is 1. The Hall–Kier alpha value is -1.27. The fourth-order valence-corrected chi connectivity index (χ4v) is 1.78. The number of halogens is 4. The molecule has 0 heterocycles. The highest BCUT2D eigenvalue weighted by molar-refractivity contribution is 5.94. The highest BCUT2D eigenvalue weighted by Crippen LogP contribution is 2.22. The minimum Gasteiger partial charge on any atom is -0.325 e. The fourth-order valence-electron chi connectivity index (χ4n) is 1.78. The molecule has 0 spiro atoms. The van der Waals surface area contributed by atoms with Gasteiger partial charge in [-0.2, -0.15) is 13.2 Å². The van der Waals surface area contributed by atoms with E-state index in [1.807, 2.05) is 13.8 Å². The van der Waals surface area contributed by atoms with Gasteiger partial charge in [0.15, 0.2) is 0 Å². The fraction of sp³-hybridized carbons (Fsp3) is 0.533. The van der Waals surface area contributed by atoms with E-state index in [9.17, 15) is 18.0 Å². The lowest BCUT2D eigenvalue weighted by atomic mass is 9.99. The average molecular weight is 339 g/mol. The lowest BCUT2D eigenvalue weighted by molar-refractivity contribution is -0.134. The molecule has 2 unspecified atom stereocenters. The van der Waals surface area contributed by atoms with Gasteiger partial charge >= 0.3 is 6.18 Å². The molecule has 3 nitrogen and oxygen atoms in total. The number of hydrogen-bond acceptors (Lipinski definition) is 2. The van der Waals surface area contributed by atoms with E-state index in [1.165, 1.54) is 0 Å². The Morgan fingerprint density at radius 1 is 1.27 bits per heavy atom. The van der Waals surface area contributed by atoms with Crippen molar-refractivity contribution >= 4 is 24.0 Å². The molecule has 1 rings (SSSR count). The molecule has 0 aliphatic heterocycles. The number of rotatable bonds is 6. The molecule has 22 heavy (non-hydrogen) atoms. The molecule has 0 aliphatic carbocycles. The van der Waals surface area contributed by atoms with Crippen molar-refractivity contribution in [3.8, 4) is 0 Å². The largest absolute Gasteiger partial charge is 0.389 e. The SMILES string of the molecule is CCC(C)C(N)C(=O)Nc1ccc(CCC(F)(F)F)cc1.Cl. The molecule has 0 aliphatic rings. The summed E-state index contributed by atoms with van der Waals surface area (Å²) in [5.74, 6) is -0.219. The highest BCUT2D eigenvalue weighted by Gasteiger charge is 2.26. The molecule has 0 radical (unpaired) electrons. The third-order valence-electron chi connectivity index (χ3n) is 3.48. The van der Waals surface area contributed by atoms with Gasteiger partial charge in [0.25, 0.3) is 0 Å². The summed E-state index contributed by atoms with van der Waals surface area (Å²) >= 11 is 0. The minimum absolute atomic E-state index is 0. The van der Waals surface area contributed by atoms with E-state index >= 15 is 0 Å². The molecule has 0 fully saturated rings. The van der Waals surface area contributed by atoms with Crippen LogP contribution < -0.4 is 11.1 Å². The lowest BCUT2D eigenvalue weighted by Crippen LogP contribution is -2.40. The van der Waals surface area contributed by atoms with E-state index in [4.69, 9.17) is 5.73 Å². The Labute approximate surface area is 134 Å². The number of alkyl halides is 3. The van der Waals surface area contributed by atoms with Gasteiger partial charge in [-0.1, -0.05) is 32.4 Å². The zero-order valence-corrected chi connectivity index (χ0v) is 13.4. The van der Waals surface area contributed by atoms with Gasteiger partial charge < -0.3 is 11.1 Å². The van der Waals surface area contributed by atoms with Gasteiger partial charge in [-0.15, -0.1) is 12.4 Å². The van der Waals surface area contributed by atoms with Crippen LogP contribution in [0, 0.1) is 5.92 Å². The number of aryl methyl sites for hydroxylation is 1. The van der Waals surface area contributed by atoms with E-state index in [1.54, 1.807) is 24.3 Å². The first-order valence-corrected chi connectivity index (χ1v) is 6.95. The number of benzene rings is 1. The molecule has 3 N–H and O–H groups in total. The van der Waals surface area contributed by atoms with Crippen molar-refractivity contribution in [3.63, 3.8) is 0 Å². The first-order valence-electron chi connectivity index (χ1n) is 6.95. The Kier molecular flexibility index (Phi) is 8.48. The van der Waals surface area contributed by atoms with Gasteiger partial charge in [-0.05, 0) is 30.0 Å². The Morgan fingerprint density at radius 3 is 2.27 bits per heavy atom. The number of anilines is 1. The summed E-state index contributed by atoms with van der Waals surface area (Å²) < 4.78 is 36.4. The van der Waals surface area contributed by atoms with Crippen molar-refractivity contribution < 1.29 is 18.0 Å². The summed E-state index contributed by atoms with van der Waals surface area (Å²) in [6.07, 6.45) is -4.28. The first-order chi connectivity index (χ1) is 9.73. The van der Waals surface area contributed by atoms with E-state index in [0.717, 1.165) is 6.42 Å². The van der Waals surface area contributed by atoms with Crippen LogP contribution in [0.1, 0.15) is 32.3 Å². The number of carbonyl (C=O) groups is 1. The molecule has 7 heteroatoms. The van der Waals surface area contributed by atoms with Gasteiger partial charge in [0.1, 0.15) is 0 Å². The third kappa shape index (κ3) is 7.13. The van der Waals surface area contributed by atoms with Gasteiger partial charge in [-0.3, -0.25) is 4.79 Å². The third-order valence-corrected chi connectivity index (χ3v) is 3.48. The lowest BCUT2D eigenvalue weighted by Gasteiger charge is -2.17. The first kappa shape index (κ1) is 20.7.